The van der Waals surface area contributed by atoms with Crippen LogP contribution in [-0.4, -0.2) is 24.0 Å². The molecule has 1 amide bonds. The Hall–Kier alpha value is -1.68. The van der Waals surface area contributed by atoms with Gasteiger partial charge in [-0.3, -0.25) is 4.79 Å². The van der Waals surface area contributed by atoms with Gasteiger partial charge in [-0.2, -0.15) is 0 Å². The predicted molar refractivity (Wildman–Crippen MR) is 83.1 cm³/mol. The van der Waals surface area contributed by atoms with Crippen LogP contribution >= 0.6 is 22.7 Å². The van der Waals surface area contributed by atoms with E-state index in [-0.39, 0.29) is 5.91 Å². The molecule has 2 aromatic heterocycles. The largest absolute Gasteiger partial charge is 0.351 e. The van der Waals surface area contributed by atoms with Gasteiger partial charge >= 0.3 is 0 Å². The fourth-order valence-electron chi connectivity index (χ4n) is 1.55. The first kappa shape index (κ1) is 14.7. The van der Waals surface area contributed by atoms with E-state index in [2.05, 4.69) is 22.1 Å². The smallest absolute Gasteiger partial charge is 0.261 e. The maximum absolute atomic E-state index is 11.9. The number of hydrogen-bond acceptors (Lipinski definition) is 5. The molecule has 0 fully saturated rings. The van der Waals surface area contributed by atoms with Crippen LogP contribution in [0.25, 0.3) is 0 Å². The standard InChI is InChI=1S/C14H15N3OS2/c1-10-9-19-13(17-10)6-8-16-14(18)12-5-4-11(20-12)3-2-7-15/h4-5,9H,6-8,15H2,1H3,(H,16,18). The van der Waals surface area contributed by atoms with E-state index in [4.69, 9.17) is 5.73 Å². The third-order valence-corrected chi connectivity index (χ3v) is 4.46. The molecule has 0 atom stereocenters. The molecule has 0 aliphatic rings. The molecule has 4 nitrogen and oxygen atoms in total. The predicted octanol–water partition coefficient (Wildman–Crippen LogP) is 1.80. The number of rotatable bonds is 4. The summed E-state index contributed by atoms with van der Waals surface area (Å²) in [4.78, 5) is 17.8. The number of amides is 1. The van der Waals surface area contributed by atoms with Gasteiger partial charge in [0.15, 0.2) is 0 Å². The Kier molecular flexibility index (Phi) is 5.30. The van der Waals surface area contributed by atoms with Crippen molar-refractivity contribution >= 4 is 28.6 Å². The third-order valence-electron chi connectivity index (χ3n) is 2.43. The highest BCUT2D eigenvalue weighted by Gasteiger charge is 2.08. The molecule has 0 aliphatic carbocycles. The number of hydrogen-bond donors (Lipinski definition) is 2. The number of thiophene rings is 1. The van der Waals surface area contributed by atoms with Crippen LogP contribution in [0.15, 0.2) is 17.5 Å². The molecule has 3 N–H and O–H groups in total. The first-order valence-corrected chi connectivity index (χ1v) is 7.86. The summed E-state index contributed by atoms with van der Waals surface area (Å²) in [6.07, 6.45) is 0.759. The van der Waals surface area contributed by atoms with Crippen molar-refractivity contribution in [2.45, 2.75) is 13.3 Å². The van der Waals surface area contributed by atoms with E-state index >= 15 is 0 Å². The zero-order valence-electron chi connectivity index (χ0n) is 11.1. The zero-order valence-corrected chi connectivity index (χ0v) is 12.7. The molecule has 104 valence electrons. The zero-order chi connectivity index (χ0) is 14.4. The van der Waals surface area contributed by atoms with Crippen LogP contribution in [0.2, 0.25) is 0 Å². The molecule has 0 saturated heterocycles. The molecule has 2 heterocycles. The molecule has 0 bridgehead atoms. The fraction of sp³-hybridized carbons (Fsp3) is 0.286. The summed E-state index contributed by atoms with van der Waals surface area (Å²) in [5.74, 6) is 5.63. The number of aryl methyl sites for hydroxylation is 1. The molecule has 0 aromatic carbocycles. The van der Waals surface area contributed by atoms with Crippen molar-refractivity contribution in [2.24, 2.45) is 5.73 Å². The number of nitrogens with one attached hydrogen (secondary N) is 1. The lowest BCUT2D eigenvalue weighted by atomic mass is 10.4. The minimum atomic E-state index is -0.0657. The number of thiazole rings is 1. The summed E-state index contributed by atoms with van der Waals surface area (Å²) >= 11 is 3.00. The van der Waals surface area contributed by atoms with Crippen LogP contribution in [0.1, 0.15) is 25.3 Å². The topological polar surface area (TPSA) is 68.0 Å². The van der Waals surface area contributed by atoms with Crippen molar-refractivity contribution in [1.29, 1.82) is 0 Å². The molecule has 0 spiro atoms. The number of carbonyl (C=O) groups is 1. The minimum Gasteiger partial charge on any atom is -0.351 e. The van der Waals surface area contributed by atoms with E-state index in [0.29, 0.717) is 18.0 Å². The Balaban J connectivity index is 1.84. The van der Waals surface area contributed by atoms with Crippen molar-refractivity contribution < 1.29 is 4.79 Å². The molecule has 0 aliphatic heterocycles. The summed E-state index contributed by atoms with van der Waals surface area (Å²) in [5.41, 5.74) is 6.34. The lowest BCUT2D eigenvalue weighted by Gasteiger charge is -2.01. The van der Waals surface area contributed by atoms with E-state index in [0.717, 1.165) is 22.0 Å². The fourth-order valence-corrected chi connectivity index (χ4v) is 3.13. The number of carbonyl (C=O) groups excluding carboxylic acids is 1. The Morgan fingerprint density at radius 1 is 1.50 bits per heavy atom. The summed E-state index contributed by atoms with van der Waals surface area (Å²) in [6.45, 7) is 2.88. The van der Waals surface area contributed by atoms with Gasteiger partial charge in [0.2, 0.25) is 0 Å². The van der Waals surface area contributed by atoms with Crippen LogP contribution < -0.4 is 11.1 Å². The molecular weight excluding hydrogens is 290 g/mol. The Bertz CT molecular complexity index is 649. The van der Waals surface area contributed by atoms with E-state index in [1.54, 1.807) is 17.4 Å². The van der Waals surface area contributed by atoms with E-state index in [1.807, 2.05) is 18.4 Å². The van der Waals surface area contributed by atoms with Crippen molar-refractivity contribution in [3.8, 4) is 11.8 Å². The van der Waals surface area contributed by atoms with Gasteiger partial charge in [-0.15, -0.1) is 22.7 Å². The molecule has 0 unspecified atom stereocenters. The molecule has 2 rings (SSSR count). The van der Waals surface area contributed by atoms with Gasteiger partial charge in [0.1, 0.15) is 0 Å². The summed E-state index contributed by atoms with van der Waals surface area (Å²) in [7, 11) is 0. The van der Waals surface area contributed by atoms with Crippen LogP contribution in [0.4, 0.5) is 0 Å². The van der Waals surface area contributed by atoms with Crippen molar-refractivity contribution in [3.05, 3.63) is 38.0 Å². The monoisotopic (exact) mass is 305 g/mol. The number of nitrogens with zero attached hydrogens (tertiary/aromatic N) is 1. The van der Waals surface area contributed by atoms with E-state index in [1.165, 1.54) is 11.3 Å². The quantitative estimate of drug-likeness (QED) is 0.846. The highest BCUT2D eigenvalue weighted by atomic mass is 32.1. The average molecular weight is 305 g/mol. The first-order chi connectivity index (χ1) is 9.69. The molecule has 20 heavy (non-hydrogen) atoms. The van der Waals surface area contributed by atoms with Gasteiger partial charge in [0.05, 0.1) is 21.3 Å². The average Bonchev–Trinajstić information content (AvgIpc) is 3.05. The van der Waals surface area contributed by atoms with Gasteiger partial charge in [-0.05, 0) is 19.1 Å². The molecule has 0 radical (unpaired) electrons. The lowest BCUT2D eigenvalue weighted by Crippen LogP contribution is -2.24. The van der Waals surface area contributed by atoms with Gasteiger partial charge in [-0.25, -0.2) is 4.98 Å². The minimum absolute atomic E-state index is 0.0657. The number of aromatic nitrogens is 1. The van der Waals surface area contributed by atoms with Crippen LogP contribution in [-0.2, 0) is 6.42 Å². The second-order valence-corrected chi connectivity index (χ2v) is 6.08. The normalized spacial score (nSPS) is 9.90. The molecule has 6 heteroatoms. The van der Waals surface area contributed by atoms with E-state index in [9.17, 15) is 4.79 Å². The second kappa shape index (κ2) is 7.20. The highest BCUT2D eigenvalue weighted by molar-refractivity contribution is 7.14. The molecular formula is C14H15N3OS2. The van der Waals surface area contributed by atoms with Crippen molar-refractivity contribution in [2.75, 3.05) is 13.1 Å². The van der Waals surface area contributed by atoms with Gasteiger partial charge in [0.25, 0.3) is 5.91 Å². The molecule has 2 aromatic rings. The van der Waals surface area contributed by atoms with Gasteiger partial charge < -0.3 is 11.1 Å². The maximum Gasteiger partial charge on any atom is 0.261 e. The first-order valence-electron chi connectivity index (χ1n) is 6.17. The Labute approximate surface area is 126 Å². The molecule has 0 saturated carbocycles. The second-order valence-electron chi connectivity index (χ2n) is 4.06. The third kappa shape index (κ3) is 4.17. The van der Waals surface area contributed by atoms with Crippen LogP contribution in [0.5, 0.6) is 0 Å². The van der Waals surface area contributed by atoms with Gasteiger partial charge in [-0.1, -0.05) is 11.8 Å². The summed E-state index contributed by atoms with van der Waals surface area (Å²) in [5, 5.41) is 5.95. The summed E-state index contributed by atoms with van der Waals surface area (Å²) < 4.78 is 0. The lowest BCUT2D eigenvalue weighted by molar-refractivity contribution is 0.0958. The van der Waals surface area contributed by atoms with E-state index < -0.39 is 0 Å². The Morgan fingerprint density at radius 2 is 2.35 bits per heavy atom. The highest BCUT2D eigenvalue weighted by Crippen LogP contribution is 2.15. The van der Waals surface area contributed by atoms with Crippen molar-refractivity contribution in [1.82, 2.24) is 10.3 Å². The maximum atomic E-state index is 11.9. The summed E-state index contributed by atoms with van der Waals surface area (Å²) in [6, 6.07) is 3.63. The number of nitrogens with two attached hydrogens (primary N) is 1. The Morgan fingerprint density at radius 3 is 3.05 bits per heavy atom. The van der Waals surface area contributed by atoms with Crippen LogP contribution in [0, 0.1) is 18.8 Å². The van der Waals surface area contributed by atoms with Crippen LogP contribution in [0.3, 0.4) is 0 Å². The van der Waals surface area contributed by atoms with Gasteiger partial charge in [0, 0.05) is 24.0 Å². The SMILES string of the molecule is Cc1csc(CCNC(=O)c2ccc(C#CCN)s2)n1. The van der Waals surface area contributed by atoms with Crippen molar-refractivity contribution in [3.63, 3.8) is 0 Å².